The largest absolute Gasteiger partial charge is 0.322 e. The third kappa shape index (κ3) is 3.73. The van der Waals surface area contributed by atoms with Crippen LogP contribution < -0.4 is 0 Å². The summed E-state index contributed by atoms with van der Waals surface area (Å²) in [6, 6.07) is 16.6. The lowest BCUT2D eigenvalue weighted by molar-refractivity contribution is 0.180. The maximum Gasteiger partial charge on any atom is 0.124 e. The predicted octanol–water partition coefficient (Wildman–Crippen LogP) is 4.97. The second kappa shape index (κ2) is 7.19. The molecule has 0 atom stereocenters. The van der Waals surface area contributed by atoms with E-state index in [4.69, 9.17) is 16.6 Å². The number of rotatable bonds is 4. The smallest absolute Gasteiger partial charge is 0.124 e. The van der Waals surface area contributed by atoms with Gasteiger partial charge >= 0.3 is 0 Å². The zero-order chi connectivity index (χ0) is 17.2. The Morgan fingerprint density at radius 1 is 1.04 bits per heavy atom. The number of aromatic nitrogens is 2. The Morgan fingerprint density at radius 2 is 1.80 bits per heavy atom. The maximum absolute atomic E-state index is 6.19. The lowest BCUT2D eigenvalue weighted by Gasteiger charge is -2.30. The number of hydrogen-bond acceptors (Lipinski definition) is 2. The van der Waals surface area contributed by atoms with Gasteiger partial charge in [-0.05, 0) is 55.6 Å². The van der Waals surface area contributed by atoms with Crippen molar-refractivity contribution in [1.82, 2.24) is 14.5 Å². The van der Waals surface area contributed by atoms with Gasteiger partial charge < -0.3 is 4.57 Å². The standard InChI is InChI=1S/C21H24ClN3/c1-16-9-11-24(12-10-16)15-21-23-19-13-18(22)7-8-20(19)25(21)14-17-5-3-2-4-6-17/h2-8,13,16H,9-12,14-15H2,1H3. The van der Waals surface area contributed by atoms with E-state index in [2.05, 4.69) is 52.8 Å². The summed E-state index contributed by atoms with van der Waals surface area (Å²) in [6.45, 7) is 6.43. The van der Waals surface area contributed by atoms with Gasteiger partial charge in [0, 0.05) is 11.6 Å². The third-order valence-electron chi connectivity index (χ3n) is 5.21. The maximum atomic E-state index is 6.19. The lowest BCUT2D eigenvalue weighted by Crippen LogP contribution is -2.33. The molecule has 4 heteroatoms. The van der Waals surface area contributed by atoms with E-state index in [0.29, 0.717) is 0 Å². The molecule has 130 valence electrons. The Kier molecular flexibility index (Phi) is 4.78. The molecular weight excluding hydrogens is 330 g/mol. The molecule has 0 saturated carbocycles. The van der Waals surface area contributed by atoms with Crippen LogP contribution in [-0.4, -0.2) is 27.5 Å². The highest BCUT2D eigenvalue weighted by Gasteiger charge is 2.19. The molecule has 3 aromatic rings. The van der Waals surface area contributed by atoms with Crippen LogP contribution in [0.4, 0.5) is 0 Å². The molecule has 1 aliphatic rings. The lowest BCUT2D eigenvalue weighted by atomic mass is 9.99. The van der Waals surface area contributed by atoms with E-state index >= 15 is 0 Å². The zero-order valence-electron chi connectivity index (χ0n) is 14.7. The first-order chi connectivity index (χ1) is 12.2. The van der Waals surface area contributed by atoms with E-state index in [9.17, 15) is 0 Å². The van der Waals surface area contributed by atoms with Gasteiger partial charge in [0.15, 0.2) is 0 Å². The van der Waals surface area contributed by atoms with Crippen LogP contribution in [0.25, 0.3) is 11.0 Å². The third-order valence-corrected chi connectivity index (χ3v) is 5.45. The summed E-state index contributed by atoms with van der Waals surface area (Å²) >= 11 is 6.19. The number of piperidine rings is 1. The van der Waals surface area contributed by atoms with E-state index < -0.39 is 0 Å². The van der Waals surface area contributed by atoms with Crippen molar-refractivity contribution in [2.75, 3.05) is 13.1 Å². The van der Waals surface area contributed by atoms with Crippen molar-refractivity contribution in [1.29, 1.82) is 0 Å². The fourth-order valence-corrected chi connectivity index (χ4v) is 3.80. The normalized spacial score (nSPS) is 16.6. The van der Waals surface area contributed by atoms with Crippen molar-refractivity contribution >= 4 is 22.6 Å². The van der Waals surface area contributed by atoms with Crippen molar-refractivity contribution in [2.24, 2.45) is 5.92 Å². The van der Waals surface area contributed by atoms with E-state index in [-0.39, 0.29) is 0 Å². The highest BCUT2D eigenvalue weighted by Crippen LogP contribution is 2.24. The van der Waals surface area contributed by atoms with Crippen molar-refractivity contribution < 1.29 is 0 Å². The molecule has 0 aliphatic carbocycles. The number of halogens is 1. The highest BCUT2D eigenvalue weighted by atomic mass is 35.5. The molecule has 4 rings (SSSR count). The Hall–Kier alpha value is -1.84. The van der Waals surface area contributed by atoms with Gasteiger partial charge in [-0.2, -0.15) is 0 Å². The minimum absolute atomic E-state index is 0.746. The summed E-state index contributed by atoms with van der Waals surface area (Å²) in [6.07, 6.45) is 2.56. The fraction of sp³-hybridized carbons (Fsp3) is 0.381. The van der Waals surface area contributed by atoms with Gasteiger partial charge in [-0.1, -0.05) is 48.9 Å². The SMILES string of the molecule is CC1CCN(Cc2nc3cc(Cl)ccc3n2Cc2ccccc2)CC1. The van der Waals surface area contributed by atoms with Crippen molar-refractivity contribution in [3.8, 4) is 0 Å². The molecule has 3 nitrogen and oxygen atoms in total. The molecular formula is C21H24ClN3. The van der Waals surface area contributed by atoms with E-state index in [1.54, 1.807) is 0 Å². The molecule has 2 aromatic carbocycles. The van der Waals surface area contributed by atoms with Crippen LogP contribution in [0.15, 0.2) is 48.5 Å². The average molecular weight is 354 g/mol. The van der Waals surface area contributed by atoms with Crippen LogP contribution in [0.3, 0.4) is 0 Å². The van der Waals surface area contributed by atoms with Gasteiger partial charge in [0.25, 0.3) is 0 Å². The first kappa shape index (κ1) is 16.6. The van der Waals surface area contributed by atoms with Gasteiger partial charge in [-0.15, -0.1) is 0 Å². The van der Waals surface area contributed by atoms with Crippen LogP contribution in [-0.2, 0) is 13.1 Å². The Bertz CT molecular complexity index is 848. The minimum atomic E-state index is 0.746. The topological polar surface area (TPSA) is 21.1 Å². The monoisotopic (exact) mass is 353 g/mol. The summed E-state index contributed by atoms with van der Waals surface area (Å²) in [7, 11) is 0. The molecule has 0 unspecified atom stereocenters. The van der Waals surface area contributed by atoms with Crippen LogP contribution in [0.2, 0.25) is 5.02 Å². The average Bonchev–Trinajstić information content (AvgIpc) is 2.94. The van der Waals surface area contributed by atoms with Gasteiger partial charge in [-0.25, -0.2) is 4.98 Å². The number of fused-ring (bicyclic) bond motifs is 1. The van der Waals surface area contributed by atoms with Gasteiger partial charge in [0.05, 0.1) is 17.6 Å². The molecule has 0 bridgehead atoms. The molecule has 0 spiro atoms. The Labute approximate surface area is 154 Å². The molecule has 1 saturated heterocycles. The molecule has 2 heterocycles. The first-order valence-electron chi connectivity index (χ1n) is 9.10. The molecule has 1 aliphatic heterocycles. The first-order valence-corrected chi connectivity index (χ1v) is 9.48. The molecule has 1 aromatic heterocycles. The summed E-state index contributed by atoms with van der Waals surface area (Å²) in [5.74, 6) is 1.98. The Balaban J connectivity index is 1.67. The zero-order valence-corrected chi connectivity index (χ0v) is 15.4. The van der Waals surface area contributed by atoms with Crippen molar-refractivity contribution in [3.05, 3.63) is 64.9 Å². The quantitative estimate of drug-likeness (QED) is 0.660. The van der Waals surface area contributed by atoms with Crippen LogP contribution in [0, 0.1) is 5.92 Å². The van der Waals surface area contributed by atoms with Crippen LogP contribution in [0.5, 0.6) is 0 Å². The molecule has 0 amide bonds. The minimum Gasteiger partial charge on any atom is -0.322 e. The fourth-order valence-electron chi connectivity index (χ4n) is 3.64. The summed E-state index contributed by atoms with van der Waals surface area (Å²) in [5.41, 5.74) is 3.45. The predicted molar refractivity (Wildman–Crippen MR) is 104 cm³/mol. The van der Waals surface area contributed by atoms with Crippen LogP contribution >= 0.6 is 11.6 Å². The highest BCUT2D eigenvalue weighted by molar-refractivity contribution is 6.31. The van der Waals surface area contributed by atoms with Crippen molar-refractivity contribution in [3.63, 3.8) is 0 Å². The van der Waals surface area contributed by atoms with Gasteiger partial charge in [0.1, 0.15) is 5.82 Å². The summed E-state index contributed by atoms with van der Waals surface area (Å²) in [5, 5.41) is 0.746. The summed E-state index contributed by atoms with van der Waals surface area (Å²) in [4.78, 5) is 7.45. The number of imidazole rings is 1. The molecule has 0 radical (unpaired) electrons. The number of benzene rings is 2. The number of likely N-dealkylation sites (tertiary alicyclic amines) is 1. The second-order valence-electron chi connectivity index (χ2n) is 7.19. The van der Waals surface area contributed by atoms with E-state index in [1.165, 1.54) is 18.4 Å². The van der Waals surface area contributed by atoms with Gasteiger partial charge in [0.2, 0.25) is 0 Å². The number of hydrogen-bond donors (Lipinski definition) is 0. The van der Waals surface area contributed by atoms with E-state index in [1.807, 2.05) is 12.1 Å². The van der Waals surface area contributed by atoms with Crippen LogP contribution in [0.1, 0.15) is 31.2 Å². The molecule has 0 N–H and O–H groups in total. The van der Waals surface area contributed by atoms with E-state index in [0.717, 1.165) is 54.0 Å². The van der Waals surface area contributed by atoms with Gasteiger partial charge in [-0.3, -0.25) is 4.90 Å². The second-order valence-corrected chi connectivity index (χ2v) is 7.63. The Morgan fingerprint density at radius 3 is 2.56 bits per heavy atom. The molecule has 1 fully saturated rings. The number of nitrogens with zero attached hydrogens (tertiary/aromatic N) is 3. The van der Waals surface area contributed by atoms with Crippen molar-refractivity contribution in [2.45, 2.75) is 32.9 Å². The molecule has 25 heavy (non-hydrogen) atoms. The summed E-state index contributed by atoms with van der Waals surface area (Å²) < 4.78 is 2.35.